The Balaban J connectivity index is 2.03. The Bertz CT molecular complexity index is 943. The summed E-state index contributed by atoms with van der Waals surface area (Å²) in [6, 6.07) is 11.9. The molecule has 0 aliphatic heterocycles. The quantitative estimate of drug-likeness (QED) is 0.314. The van der Waals surface area contributed by atoms with Gasteiger partial charge in [0.15, 0.2) is 18.1 Å². The maximum absolute atomic E-state index is 12.2. The van der Waals surface area contributed by atoms with E-state index in [1.54, 1.807) is 56.5 Å². The Morgan fingerprint density at radius 1 is 1.00 bits per heavy atom. The molecule has 164 valence electrons. The fourth-order valence-corrected chi connectivity index (χ4v) is 2.41. The first-order valence-corrected chi connectivity index (χ1v) is 9.33. The Morgan fingerprint density at radius 3 is 2.39 bits per heavy atom. The maximum Gasteiger partial charge on any atom is 0.329 e. The van der Waals surface area contributed by atoms with Gasteiger partial charge in [-0.2, -0.15) is 5.10 Å². The van der Waals surface area contributed by atoms with E-state index in [4.69, 9.17) is 14.2 Å². The molecule has 0 atom stereocenters. The number of rotatable bonds is 9. The average molecular weight is 428 g/mol. The molecule has 0 heterocycles. The lowest BCUT2D eigenvalue weighted by atomic mass is 10.2. The minimum Gasteiger partial charge on any atom is -0.497 e. The van der Waals surface area contributed by atoms with Crippen LogP contribution in [-0.2, 0) is 14.4 Å². The molecule has 0 radical (unpaired) electrons. The van der Waals surface area contributed by atoms with Crippen LogP contribution in [0, 0.1) is 0 Å². The predicted molar refractivity (Wildman–Crippen MR) is 115 cm³/mol. The molecule has 3 N–H and O–H groups in total. The lowest BCUT2D eigenvalue weighted by molar-refractivity contribution is -0.139. The highest BCUT2D eigenvalue weighted by Gasteiger charge is 2.13. The summed E-state index contributed by atoms with van der Waals surface area (Å²) in [4.78, 5) is 35.3. The Hall–Kier alpha value is -4.08. The molecule has 0 unspecified atom stereocenters. The van der Waals surface area contributed by atoms with Gasteiger partial charge in [-0.15, -0.1) is 0 Å². The number of nitrogens with one attached hydrogen (secondary N) is 3. The zero-order valence-electron chi connectivity index (χ0n) is 17.4. The van der Waals surface area contributed by atoms with E-state index in [0.717, 1.165) is 0 Å². The van der Waals surface area contributed by atoms with Crippen molar-refractivity contribution < 1.29 is 28.6 Å². The first-order valence-electron chi connectivity index (χ1n) is 9.33. The number of nitrogens with zero attached hydrogens (tertiary/aromatic N) is 1. The molecule has 3 amide bonds. The van der Waals surface area contributed by atoms with Gasteiger partial charge in [-0.05, 0) is 43.3 Å². The van der Waals surface area contributed by atoms with E-state index in [9.17, 15) is 14.4 Å². The molecule has 31 heavy (non-hydrogen) atoms. The van der Waals surface area contributed by atoms with Crippen molar-refractivity contribution in [2.45, 2.75) is 6.92 Å². The summed E-state index contributed by atoms with van der Waals surface area (Å²) in [5, 5.41) is 8.83. The van der Waals surface area contributed by atoms with E-state index in [1.807, 2.05) is 0 Å². The van der Waals surface area contributed by atoms with Crippen molar-refractivity contribution in [3.63, 3.8) is 0 Å². The molecule has 0 aromatic heterocycles. The van der Waals surface area contributed by atoms with E-state index in [0.29, 0.717) is 29.3 Å². The second kappa shape index (κ2) is 11.8. The fourth-order valence-electron chi connectivity index (χ4n) is 2.41. The van der Waals surface area contributed by atoms with E-state index >= 15 is 0 Å². The highest BCUT2D eigenvalue weighted by molar-refractivity contribution is 6.35. The number of hydrogen-bond donors (Lipinski definition) is 3. The highest BCUT2D eigenvalue weighted by Crippen LogP contribution is 2.30. The van der Waals surface area contributed by atoms with Crippen LogP contribution in [0.5, 0.6) is 17.2 Å². The van der Waals surface area contributed by atoms with Crippen molar-refractivity contribution in [3.05, 3.63) is 48.0 Å². The van der Waals surface area contributed by atoms with Crippen LogP contribution in [0.1, 0.15) is 12.5 Å². The molecule has 0 aliphatic carbocycles. The lowest BCUT2D eigenvalue weighted by Crippen LogP contribution is -2.37. The molecular formula is C21H24N4O6. The number of carbonyl (C=O) groups is 3. The normalized spacial score (nSPS) is 10.3. The molecule has 0 spiro atoms. The van der Waals surface area contributed by atoms with Gasteiger partial charge in [0, 0.05) is 17.8 Å². The van der Waals surface area contributed by atoms with Crippen LogP contribution in [0.3, 0.4) is 0 Å². The topological polar surface area (TPSA) is 127 Å². The highest BCUT2D eigenvalue weighted by atomic mass is 16.5. The number of amides is 3. The van der Waals surface area contributed by atoms with Crippen LogP contribution in [0.25, 0.3) is 0 Å². The van der Waals surface area contributed by atoms with Crippen molar-refractivity contribution in [2.75, 3.05) is 32.7 Å². The molecule has 2 aromatic carbocycles. The molecule has 0 saturated carbocycles. The zero-order valence-corrected chi connectivity index (χ0v) is 17.4. The van der Waals surface area contributed by atoms with Crippen molar-refractivity contribution in [3.8, 4) is 17.2 Å². The van der Waals surface area contributed by atoms with Crippen molar-refractivity contribution in [1.29, 1.82) is 0 Å². The van der Waals surface area contributed by atoms with Gasteiger partial charge in [-0.1, -0.05) is 6.07 Å². The molecule has 2 rings (SSSR count). The van der Waals surface area contributed by atoms with Gasteiger partial charge in [-0.25, -0.2) is 5.43 Å². The number of likely N-dealkylation sites (N-methyl/N-ethyl adjacent to an activating group) is 1. The van der Waals surface area contributed by atoms with Crippen LogP contribution in [0.4, 0.5) is 5.69 Å². The van der Waals surface area contributed by atoms with Crippen LogP contribution >= 0.6 is 0 Å². The fraction of sp³-hybridized carbons (Fsp3) is 0.238. The molecule has 10 heteroatoms. The van der Waals surface area contributed by atoms with Crippen molar-refractivity contribution in [1.82, 2.24) is 10.7 Å². The van der Waals surface area contributed by atoms with Gasteiger partial charge in [0.1, 0.15) is 5.75 Å². The van der Waals surface area contributed by atoms with Crippen LogP contribution < -0.4 is 30.3 Å². The number of carbonyl (C=O) groups excluding carboxylic acids is 3. The van der Waals surface area contributed by atoms with Gasteiger partial charge < -0.3 is 24.8 Å². The third-order valence-electron chi connectivity index (χ3n) is 3.86. The number of methoxy groups -OCH3 is 2. The summed E-state index contributed by atoms with van der Waals surface area (Å²) in [5.41, 5.74) is 3.14. The first-order chi connectivity index (χ1) is 15.0. The Morgan fingerprint density at radius 2 is 1.74 bits per heavy atom. The molecule has 0 saturated heterocycles. The van der Waals surface area contributed by atoms with Crippen molar-refractivity contribution >= 4 is 29.6 Å². The summed E-state index contributed by atoms with van der Waals surface area (Å²) in [6.45, 7) is 1.72. The second-order valence-corrected chi connectivity index (χ2v) is 6.00. The third kappa shape index (κ3) is 7.03. The van der Waals surface area contributed by atoms with E-state index in [1.165, 1.54) is 13.3 Å². The third-order valence-corrected chi connectivity index (χ3v) is 3.86. The summed E-state index contributed by atoms with van der Waals surface area (Å²) >= 11 is 0. The molecule has 0 bridgehead atoms. The smallest absolute Gasteiger partial charge is 0.329 e. The van der Waals surface area contributed by atoms with E-state index in [-0.39, 0.29) is 18.3 Å². The largest absolute Gasteiger partial charge is 0.497 e. The van der Waals surface area contributed by atoms with Gasteiger partial charge in [0.2, 0.25) is 0 Å². The molecule has 0 aliphatic rings. The van der Waals surface area contributed by atoms with Crippen molar-refractivity contribution in [2.24, 2.45) is 5.10 Å². The van der Waals surface area contributed by atoms with Crippen LogP contribution in [0.15, 0.2) is 47.6 Å². The summed E-state index contributed by atoms with van der Waals surface area (Å²) in [5.74, 6) is -0.781. The van der Waals surface area contributed by atoms with E-state index < -0.39 is 11.8 Å². The minimum absolute atomic E-state index is 0.255. The number of benzene rings is 2. The molecular weight excluding hydrogens is 404 g/mol. The minimum atomic E-state index is -0.901. The predicted octanol–water partition coefficient (Wildman–Crippen LogP) is 1.31. The van der Waals surface area contributed by atoms with Crippen LogP contribution in [0.2, 0.25) is 0 Å². The average Bonchev–Trinajstić information content (AvgIpc) is 2.78. The SMILES string of the molecule is CCNC(=O)C(=O)N/N=C\c1cccc(OC)c1OCC(=O)Nc1ccc(OC)cc1. The number of para-hydroxylation sites is 1. The standard InChI is InChI=1S/C21H24N4O6/c1-4-22-20(27)21(28)25-23-12-14-6-5-7-17(30-3)19(14)31-13-18(26)24-15-8-10-16(29-2)11-9-15/h5-12H,4,13H2,1-3H3,(H,22,27)(H,24,26)(H,25,28)/b23-12-. The van der Waals surface area contributed by atoms with Gasteiger partial charge >= 0.3 is 11.8 Å². The molecule has 2 aromatic rings. The number of ether oxygens (including phenoxy) is 3. The lowest BCUT2D eigenvalue weighted by Gasteiger charge is -2.13. The maximum atomic E-state index is 12.2. The van der Waals surface area contributed by atoms with Crippen LogP contribution in [-0.4, -0.2) is 51.3 Å². The zero-order chi connectivity index (χ0) is 22.6. The van der Waals surface area contributed by atoms with Gasteiger partial charge in [0.25, 0.3) is 5.91 Å². The molecule has 0 fully saturated rings. The van der Waals surface area contributed by atoms with E-state index in [2.05, 4.69) is 21.2 Å². The summed E-state index contributed by atoms with van der Waals surface area (Å²) in [7, 11) is 3.01. The summed E-state index contributed by atoms with van der Waals surface area (Å²) in [6.07, 6.45) is 1.29. The molecule has 10 nitrogen and oxygen atoms in total. The van der Waals surface area contributed by atoms with Gasteiger partial charge in [-0.3, -0.25) is 14.4 Å². The number of anilines is 1. The van der Waals surface area contributed by atoms with Gasteiger partial charge in [0.05, 0.1) is 20.4 Å². The number of hydrazone groups is 1. The monoisotopic (exact) mass is 428 g/mol. The second-order valence-electron chi connectivity index (χ2n) is 6.00. The summed E-state index contributed by atoms with van der Waals surface area (Å²) < 4.78 is 16.0. The Labute approximate surface area is 179 Å². The Kier molecular flexibility index (Phi) is 8.84. The first kappa shape index (κ1) is 23.2. The number of hydrogen-bond acceptors (Lipinski definition) is 7.